The predicted octanol–water partition coefficient (Wildman–Crippen LogP) is 4.22. The van der Waals surface area contributed by atoms with Gasteiger partial charge in [0.1, 0.15) is 6.10 Å². The average molecular weight is 294 g/mol. The van der Waals surface area contributed by atoms with Gasteiger partial charge < -0.3 is 10.5 Å². The van der Waals surface area contributed by atoms with Crippen molar-refractivity contribution in [3.8, 4) is 0 Å². The monoisotopic (exact) mass is 293 g/mol. The Kier molecular flexibility index (Phi) is 17.5. The molecule has 0 radical (unpaired) electrons. The number of halogens is 1. The highest BCUT2D eigenvalue weighted by molar-refractivity contribution is 5.85. The molecule has 0 saturated heterocycles. The molecule has 0 aromatic carbocycles. The van der Waals surface area contributed by atoms with Crippen LogP contribution in [-0.2, 0) is 9.53 Å². The molecule has 4 heteroatoms. The van der Waals surface area contributed by atoms with Gasteiger partial charge in [-0.25, -0.2) is 0 Å². The van der Waals surface area contributed by atoms with Gasteiger partial charge in [0.15, 0.2) is 0 Å². The van der Waals surface area contributed by atoms with Crippen molar-refractivity contribution >= 4 is 18.4 Å². The van der Waals surface area contributed by atoms with E-state index in [-0.39, 0.29) is 24.5 Å². The smallest absolute Gasteiger partial charge is 0.306 e. The summed E-state index contributed by atoms with van der Waals surface area (Å²) in [6.45, 7) is 5.06. The fourth-order valence-corrected chi connectivity index (χ4v) is 1.96. The molecule has 0 spiro atoms. The molecule has 0 saturated carbocycles. The zero-order valence-corrected chi connectivity index (χ0v) is 13.5. The lowest BCUT2D eigenvalue weighted by atomic mass is 10.1. The number of esters is 1. The number of rotatable bonds is 12. The van der Waals surface area contributed by atoms with Crippen LogP contribution in [-0.4, -0.2) is 18.6 Å². The molecule has 0 aliphatic carbocycles. The molecule has 19 heavy (non-hydrogen) atoms. The molecule has 0 fully saturated rings. The number of hydrogen-bond acceptors (Lipinski definition) is 3. The van der Waals surface area contributed by atoms with Gasteiger partial charge in [0.05, 0.1) is 0 Å². The van der Waals surface area contributed by atoms with Crippen LogP contribution in [0.25, 0.3) is 0 Å². The second-order valence-corrected chi connectivity index (χ2v) is 5.00. The number of carbonyl (C=O) groups excluding carboxylic acids is 1. The Morgan fingerprint density at radius 3 is 2.05 bits per heavy atom. The first kappa shape index (κ1) is 21.0. The van der Waals surface area contributed by atoms with Crippen molar-refractivity contribution in [2.24, 2.45) is 5.73 Å². The summed E-state index contributed by atoms with van der Waals surface area (Å²) >= 11 is 0. The maximum Gasteiger partial charge on any atom is 0.306 e. The van der Waals surface area contributed by atoms with E-state index in [0.717, 1.165) is 57.8 Å². The molecule has 3 nitrogen and oxygen atoms in total. The van der Waals surface area contributed by atoms with Crippen molar-refractivity contribution in [1.29, 1.82) is 0 Å². The van der Waals surface area contributed by atoms with Crippen LogP contribution in [0.5, 0.6) is 0 Å². The van der Waals surface area contributed by atoms with E-state index < -0.39 is 0 Å². The Labute approximate surface area is 125 Å². The van der Waals surface area contributed by atoms with E-state index >= 15 is 0 Å². The van der Waals surface area contributed by atoms with Gasteiger partial charge in [-0.1, -0.05) is 46.0 Å². The minimum Gasteiger partial charge on any atom is -0.462 e. The molecular weight excluding hydrogens is 262 g/mol. The van der Waals surface area contributed by atoms with Gasteiger partial charge in [-0.05, 0) is 32.2 Å². The number of carbonyl (C=O) groups is 1. The lowest BCUT2D eigenvalue weighted by Gasteiger charge is -2.17. The summed E-state index contributed by atoms with van der Waals surface area (Å²) in [5, 5.41) is 0. The van der Waals surface area contributed by atoms with Crippen molar-refractivity contribution in [2.75, 3.05) is 6.54 Å². The topological polar surface area (TPSA) is 52.3 Å². The quantitative estimate of drug-likeness (QED) is 0.433. The van der Waals surface area contributed by atoms with E-state index in [1.165, 1.54) is 0 Å². The predicted molar refractivity (Wildman–Crippen MR) is 83.7 cm³/mol. The Morgan fingerprint density at radius 1 is 1.00 bits per heavy atom. The second-order valence-electron chi connectivity index (χ2n) is 5.00. The van der Waals surface area contributed by atoms with Crippen LogP contribution in [0, 0.1) is 0 Å². The standard InChI is InChI=1S/C15H31NO2.ClH/c1-3-5-10-14(11-6-4-2)18-15(17)12-8-7-9-13-16;/h14H,3-13,16H2,1-2H3;1H. The highest BCUT2D eigenvalue weighted by Gasteiger charge is 2.13. The summed E-state index contributed by atoms with van der Waals surface area (Å²) in [4.78, 5) is 11.7. The molecule has 0 bridgehead atoms. The molecule has 0 amide bonds. The van der Waals surface area contributed by atoms with Crippen LogP contribution < -0.4 is 5.73 Å². The zero-order valence-electron chi connectivity index (χ0n) is 12.7. The second kappa shape index (κ2) is 15.8. The third kappa shape index (κ3) is 13.9. The van der Waals surface area contributed by atoms with Gasteiger partial charge in [0.2, 0.25) is 0 Å². The van der Waals surface area contributed by atoms with E-state index in [0.29, 0.717) is 13.0 Å². The molecule has 0 aliphatic heterocycles. The van der Waals surface area contributed by atoms with Gasteiger partial charge in [0, 0.05) is 6.42 Å². The lowest BCUT2D eigenvalue weighted by molar-refractivity contribution is -0.150. The first-order valence-corrected chi connectivity index (χ1v) is 7.64. The van der Waals surface area contributed by atoms with Crippen molar-refractivity contribution in [3.63, 3.8) is 0 Å². The SMILES string of the molecule is CCCCC(CCCC)OC(=O)CCCCCN.Cl. The number of nitrogens with two attached hydrogens (primary N) is 1. The summed E-state index contributed by atoms with van der Waals surface area (Å²) in [7, 11) is 0. The molecule has 0 rings (SSSR count). The van der Waals surface area contributed by atoms with E-state index in [1.807, 2.05) is 0 Å². The van der Waals surface area contributed by atoms with Crippen LogP contribution in [0.1, 0.15) is 78.1 Å². The summed E-state index contributed by atoms with van der Waals surface area (Å²) in [5.41, 5.74) is 5.42. The molecular formula is C15H32ClNO2. The zero-order chi connectivity index (χ0) is 13.6. The van der Waals surface area contributed by atoms with Gasteiger partial charge >= 0.3 is 5.97 Å². The lowest BCUT2D eigenvalue weighted by Crippen LogP contribution is -2.18. The molecule has 0 heterocycles. The Balaban J connectivity index is 0. The normalized spacial score (nSPS) is 10.3. The fraction of sp³-hybridized carbons (Fsp3) is 0.933. The summed E-state index contributed by atoms with van der Waals surface area (Å²) in [6, 6.07) is 0. The van der Waals surface area contributed by atoms with Crippen LogP contribution in [0.3, 0.4) is 0 Å². The first-order chi connectivity index (χ1) is 8.74. The summed E-state index contributed by atoms with van der Waals surface area (Å²) in [5.74, 6) is -0.0239. The molecule has 116 valence electrons. The van der Waals surface area contributed by atoms with E-state index in [9.17, 15) is 4.79 Å². The maximum absolute atomic E-state index is 11.7. The minimum absolute atomic E-state index is 0. The largest absolute Gasteiger partial charge is 0.462 e. The molecule has 0 atom stereocenters. The van der Waals surface area contributed by atoms with E-state index in [2.05, 4.69) is 13.8 Å². The molecule has 0 unspecified atom stereocenters. The number of hydrogen-bond donors (Lipinski definition) is 1. The highest BCUT2D eigenvalue weighted by Crippen LogP contribution is 2.14. The van der Waals surface area contributed by atoms with Crippen LogP contribution >= 0.6 is 12.4 Å². The van der Waals surface area contributed by atoms with Gasteiger partial charge in [-0.3, -0.25) is 4.79 Å². The molecule has 0 aliphatic rings. The molecule has 2 N–H and O–H groups in total. The van der Waals surface area contributed by atoms with E-state index in [4.69, 9.17) is 10.5 Å². The Bertz CT molecular complexity index is 193. The summed E-state index contributed by atoms with van der Waals surface area (Å²) < 4.78 is 5.56. The number of unbranched alkanes of at least 4 members (excludes halogenated alkanes) is 4. The number of ether oxygens (including phenoxy) is 1. The minimum atomic E-state index is -0.0239. The van der Waals surface area contributed by atoms with Crippen molar-refractivity contribution in [3.05, 3.63) is 0 Å². The van der Waals surface area contributed by atoms with Gasteiger partial charge in [-0.15, -0.1) is 12.4 Å². The summed E-state index contributed by atoms with van der Waals surface area (Å²) in [6.07, 6.45) is 10.3. The van der Waals surface area contributed by atoms with Gasteiger partial charge in [-0.2, -0.15) is 0 Å². The van der Waals surface area contributed by atoms with Crippen molar-refractivity contribution in [2.45, 2.75) is 84.2 Å². The first-order valence-electron chi connectivity index (χ1n) is 7.64. The van der Waals surface area contributed by atoms with Crippen LogP contribution in [0.2, 0.25) is 0 Å². The van der Waals surface area contributed by atoms with Gasteiger partial charge in [0.25, 0.3) is 0 Å². The Hall–Kier alpha value is -0.280. The van der Waals surface area contributed by atoms with Crippen molar-refractivity contribution < 1.29 is 9.53 Å². The molecule has 0 aromatic heterocycles. The average Bonchev–Trinajstić information content (AvgIpc) is 2.38. The van der Waals surface area contributed by atoms with Crippen LogP contribution in [0.15, 0.2) is 0 Å². The molecule has 0 aromatic rings. The van der Waals surface area contributed by atoms with Crippen LogP contribution in [0.4, 0.5) is 0 Å². The third-order valence-corrected chi connectivity index (χ3v) is 3.14. The fourth-order valence-electron chi connectivity index (χ4n) is 1.96. The van der Waals surface area contributed by atoms with Crippen molar-refractivity contribution in [1.82, 2.24) is 0 Å². The highest BCUT2D eigenvalue weighted by atomic mass is 35.5. The van der Waals surface area contributed by atoms with E-state index in [1.54, 1.807) is 0 Å². The third-order valence-electron chi connectivity index (χ3n) is 3.14. The maximum atomic E-state index is 11.7. The Morgan fingerprint density at radius 2 is 1.58 bits per heavy atom.